The molecule has 2 nitrogen and oxygen atoms in total. The molecule has 0 radical (unpaired) electrons. The van der Waals surface area contributed by atoms with E-state index in [-0.39, 0.29) is 11.4 Å². The summed E-state index contributed by atoms with van der Waals surface area (Å²) in [7, 11) is 1.44. The van der Waals surface area contributed by atoms with Gasteiger partial charge in [-0.25, -0.2) is 4.79 Å². The van der Waals surface area contributed by atoms with E-state index in [9.17, 15) is 4.79 Å². The number of esters is 1. The molecule has 0 bridgehead atoms. The minimum atomic E-state index is -0.233. The van der Waals surface area contributed by atoms with Crippen molar-refractivity contribution in [2.24, 2.45) is 5.41 Å². The summed E-state index contributed by atoms with van der Waals surface area (Å²) in [5.74, 6) is -0.233. The number of hydrogen-bond donors (Lipinski definition) is 0. The summed E-state index contributed by atoms with van der Waals surface area (Å²) in [6.45, 7) is 10.5. The molecule has 100 valence electrons. The quantitative estimate of drug-likeness (QED) is 0.438. The highest BCUT2D eigenvalue weighted by atomic mass is 16.5. The largest absolute Gasteiger partial charge is 0.466 e. The van der Waals surface area contributed by atoms with Crippen molar-refractivity contribution in [3.63, 3.8) is 0 Å². The zero-order valence-electron chi connectivity index (χ0n) is 12.0. The summed E-state index contributed by atoms with van der Waals surface area (Å²) in [4.78, 5) is 11.7. The Hall–Kier alpha value is -0.790. The van der Waals surface area contributed by atoms with Crippen molar-refractivity contribution < 1.29 is 9.53 Å². The molecule has 0 fully saturated rings. The predicted molar refractivity (Wildman–Crippen MR) is 72.9 cm³/mol. The van der Waals surface area contributed by atoms with Crippen LogP contribution in [0.1, 0.15) is 65.7 Å². The standard InChI is InChI=1S/C15H28O2/c1-6-9-12-15(10-7-2,11-8-3)13(4)14(16)17-5/h4,6-12H2,1-3,5H3. The average molecular weight is 240 g/mol. The first-order chi connectivity index (χ1) is 8.07. The maximum absolute atomic E-state index is 11.7. The molecule has 0 aliphatic carbocycles. The van der Waals surface area contributed by atoms with Gasteiger partial charge in [0.25, 0.3) is 0 Å². The van der Waals surface area contributed by atoms with E-state index in [1.54, 1.807) is 0 Å². The van der Waals surface area contributed by atoms with E-state index >= 15 is 0 Å². The third-order valence-electron chi connectivity index (χ3n) is 3.54. The lowest BCUT2D eigenvalue weighted by Crippen LogP contribution is -2.28. The number of rotatable bonds is 9. The van der Waals surface area contributed by atoms with Gasteiger partial charge in [0, 0.05) is 11.0 Å². The van der Waals surface area contributed by atoms with Crippen LogP contribution < -0.4 is 0 Å². The van der Waals surface area contributed by atoms with Gasteiger partial charge >= 0.3 is 5.97 Å². The summed E-state index contributed by atoms with van der Waals surface area (Å²) in [6, 6.07) is 0. The van der Waals surface area contributed by atoms with E-state index in [4.69, 9.17) is 4.74 Å². The minimum absolute atomic E-state index is 0.0351. The highest BCUT2D eigenvalue weighted by Gasteiger charge is 2.34. The van der Waals surface area contributed by atoms with Crippen LogP contribution in [0.3, 0.4) is 0 Å². The van der Waals surface area contributed by atoms with Gasteiger partial charge in [0.05, 0.1) is 7.11 Å². The first-order valence-electron chi connectivity index (χ1n) is 6.85. The summed E-state index contributed by atoms with van der Waals surface area (Å²) in [6.07, 6.45) is 7.60. The Balaban J connectivity index is 4.98. The van der Waals surface area contributed by atoms with Gasteiger partial charge in [0.15, 0.2) is 0 Å². The van der Waals surface area contributed by atoms with Crippen molar-refractivity contribution in [1.29, 1.82) is 0 Å². The van der Waals surface area contributed by atoms with Crippen LogP contribution in [-0.4, -0.2) is 13.1 Å². The Bertz CT molecular complexity index is 237. The first-order valence-corrected chi connectivity index (χ1v) is 6.85. The fourth-order valence-electron chi connectivity index (χ4n) is 2.64. The van der Waals surface area contributed by atoms with Gasteiger partial charge in [0.1, 0.15) is 0 Å². The van der Waals surface area contributed by atoms with Crippen molar-refractivity contribution >= 4 is 5.97 Å². The Morgan fingerprint density at radius 1 is 1.06 bits per heavy atom. The van der Waals surface area contributed by atoms with E-state index in [2.05, 4.69) is 27.4 Å². The molecule has 0 atom stereocenters. The van der Waals surface area contributed by atoms with Gasteiger partial charge in [-0.05, 0) is 19.3 Å². The highest BCUT2D eigenvalue weighted by Crippen LogP contribution is 2.42. The van der Waals surface area contributed by atoms with Gasteiger partial charge in [-0.3, -0.25) is 0 Å². The molecular formula is C15H28O2. The lowest BCUT2D eigenvalue weighted by atomic mass is 9.70. The van der Waals surface area contributed by atoms with Crippen LogP contribution in [0.15, 0.2) is 12.2 Å². The molecule has 0 aromatic carbocycles. The van der Waals surface area contributed by atoms with E-state index in [0.717, 1.165) is 44.9 Å². The number of unbranched alkanes of at least 4 members (excludes halogenated alkanes) is 1. The van der Waals surface area contributed by atoms with Crippen LogP contribution in [0.25, 0.3) is 0 Å². The lowest BCUT2D eigenvalue weighted by Gasteiger charge is -2.34. The van der Waals surface area contributed by atoms with Gasteiger partial charge in [-0.1, -0.05) is 53.0 Å². The molecule has 0 saturated carbocycles. The van der Waals surface area contributed by atoms with E-state index in [0.29, 0.717) is 5.57 Å². The number of carbonyl (C=O) groups excluding carboxylic acids is 1. The van der Waals surface area contributed by atoms with Gasteiger partial charge < -0.3 is 4.74 Å². The maximum atomic E-state index is 11.7. The number of carbonyl (C=O) groups is 1. The molecule has 0 aromatic rings. The van der Waals surface area contributed by atoms with Crippen LogP contribution in [0, 0.1) is 5.41 Å². The van der Waals surface area contributed by atoms with Crippen molar-refractivity contribution in [3.05, 3.63) is 12.2 Å². The predicted octanol–water partition coefficient (Wildman–Crippen LogP) is 4.49. The Morgan fingerprint density at radius 3 is 1.94 bits per heavy atom. The van der Waals surface area contributed by atoms with Gasteiger partial charge in [-0.2, -0.15) is 0 Å². The molecule has 0 heterocycles. The SMILES string of the molecule is C=C(C(=O)OC)C(CCC)(CCC)CCCC. The number of ether oxygens (including phenoxy) is 1. The maximum Gasteiger partial charge on any atom is 0.333 e. The molecule has 0 N–H and O–H groups in total. The molecule has 0 unspecified atom stereocenters. The van der Waals surface area contributed by atoms with E-state index in [1.165, 1.54) is 7.11 Å². The molecule has 0 aliphatic rings. The molecule has 0 aromatic heterocycles. The Morgan fingerprint density at radius 2 is 1.59 bits per heavy atom. The fraction of sp³-hybridized carbons (Fsp3) is 0.800. The van der Waals surface area contributed by atoms with Crippen LogP contribution in [0.5, 0.6) is 0 Å². The summed E-state index contributed by atoms with van der Waals surface area (Å²) in [5, 5.41) is 0. The smallest absolute Gasteiger partial charge is 0.333 e. The average Bonchev–Trinajstić information content (AvgIpc) is 2.34. The number of hydrogen-bond acceptors (Lipinski definition) is 2. The second kappa shape index (κ2) is 8.32. The Labute approximate surface area is 106 Å². The van der Waals surface area contributed by atoms with Gasteiger partial charge in [0.2, 0.25) is 0 Å². The lowest BCUT2D eigenvalue weighted by molar-refractivity contribution is -0.137. The van der Waals surface area contributed by atoms with Crippen LogP contribution in [0.4, 0.5) is 0 Å². The topological polar surface area (TPSA) is 26.3 Å². The third-order valence-corrected chi connectivity index (χ3v) is 3.54. The van der Waals surface area contributed by atoms with Crippen LogP contribution in [0.2, 0.25) is 0 Å². The molecule has 0 amide bonds. The molecule has 17 heavy (non-hydrogen) atoms. The molecule has 0 saturated heterocycles. The summed E-state index contributed by atoms with van der Waals surface area (Å²) >= 11 is 0. The normalized spacial score (nSPS) is 11.3. The molecular weight excluding hydrogens is 212 g/mol. The second-order valence-corrected chi connectivity index (χ2v) is 4.85. The minimum Gasteiger partial charge on any atom is -0.466 e. The van der Waals surface area contributed by atoms with Crippen molar-refractivity contribution in [2.75, 3.05) is 7.11 Å². The Kier molecular flexibility index (Phi) is 7.94. The first kappa shape index (κ1) is 16.2. The third kappa shape index (κ3) is 4.53. The molecule has 0 spiro atoms. The van der Waals surface area contributed by atoms with Crippen molar-refractivity contribution in [3.8, 4) is 0 Å². The van der Waals surface area contributed by atoms with Crippen LogP contribution >= 0.6 is 0 Å². The van der Waals surface area contributed by atoms with E-state index < -0.39 is 0 Å². The fourth-order valence-corrected chi connectivity index (χ4v) is 2.64. The van der Waals surface area contributed by atoms with Crippen molar-refractivity contribution in [1.82, 2.24) is 0 Å². The molecule has 0 rings (SSSR count). The van der Waals surface area contributed by atoms with Gasteiger partial charge in [-0.15, -0.1) is 0 Å². The molecule has 0 aliphatic heterocycles. The van der Waals surface area contributed by atoms with Crippen molar-refractivity contribution in [2.45, 2.75) is 65.7 Å². The zero-order chi connectivity index (χ0) is 13.3. The summed E-state index contributed by atoms with van der Waals surface area (Å²) < 4.78 is 4.85. The summed E-state index contributed by atoms with van der Waals surface area (Å²) in [5.41, 5.74) is 0.643. The molecule has 2 heteroatoms. The van der Waals surface area contributed by atoms with Crippen LogP contribution in [-0.2, 0) is 9.53 Å². The zero-order valence-corrected chi connectivity index (χ0v) is 12.0. The van der Waals surface area contributed by atoms with E-state index in [1.807, 2.05) is 0 Å². The second-order valence-electron chi connectivity index (χ2n) is 4.85. The number of methoxy groups -OCH3 is 1. The monoisotopic (exact) mass is 240 g/mol. The highest BCUT2D eigenvalue weighted by molar-refractivity contribution is 5.89.